The lowest BCUT2D eigenvalue weighted by molar-refractivity contribution is -0.118. The summed E-state index contributed by atoms with van der Waals surface area (Å²) in [6.45, 7) is 3.26. The Bertz CT molecular complexity index is 741. The van der Waals surface area contributed by atoms with Gasteiger partial charge in [0.25, 0.3) is 5.56 Å². The van der Waals surface area contributed by atoms with Crippen molar-refractivity contribution in [3.63, 3.8) is 0 Å². The summed E-state index contributed by atoms with van der Waals surface area (Å²) in [5.41, 5.74) is 0.911. The van der Waals surface area contributed by atoms with Gasteiger partial charge in [-0.05, 0) is 18.2 Å². The summed E-state index contributed by atoms with van der Waals surface area (Å²) in [6.07, 6.45) is 2.05. The Morgan fingerprint density at radius 3 is 2.82 bits per heavy atom. The highest BCUT2D eigenvalue weighted by molar-refractivity contribution is 8.00. The molecule has 1 amide bonds. The fraction of sp³-hybridized carbons (Fsp3) is 0.294. The third kappa shape index (κ3) is 3.09. The van der Waals surface area contributed by atoms with E-state index in [1.807, 2.05) is 23.1 Å². The van der Waals surface area contributed by atoms with Crippen molar-refractivity contribution in [3.05, 3.63) is 59.0 Å². The van der Waals surface area contributed by atoms with Crippen LogP contribution < -0.4 is 10.5 Å². The van der Waals surface area contributed by atoms with Crippen molar-refractivity contribution in [1.82, 2.24) is 4.57 Å². The molecule has 0 bridgehead atoms. The second kappa shape index (κ2) is 6.40. The van der Waals surface area contributed by atoms with Crippen LogP contribution >= 0.6 is 11.8 Å². The largest absolute Gasteiger partial charge is 0.315 e. The normalized spacial score (nSPS) is 17.1. The van der Waals surface area contributed by atoms with Crippen LogP contribution in [-0.2, 0) is 11.3 Å². The fourth-order valence-corrected chi connectivity index (χ4v) is 3.74. The maximum Gasteiger partial charge on any atom is 0.250 e. The van der Waals surface area contributed by atoms with Gasteiger partial charge in [0.15, 0.2) is 0 Å². The van der Waals surface area contributed by atoms with Crippen LogP contribution in [0.4, 0.5) is 5.69 Å². The lowest BCUT2D eigenvalue weighted by Gasteiger charge is -2.32. The highest BCUT2D eigenvalue weighted by atomic mass is 32.2. The van der Waals surface area contributed by atoms with Crippen molar-refractivity contribution < 1.29 is 4.79 Å². The van der Waals surface area contributed by atoms with E-state index >= 15 is 0 Å². The molecule has 5 heteroatoms. The summed E-state index contributed by atoms with van der Waals surface area (Å²) >= 11 is 1.80. The number of carbonyl (C=O) groups excluding carboxylic acids is 1. The summed E-state index contributed by atoms with van der Waals surface area (Å²) in [6, 6.07) is 13.0. The number of aromatic nitrogens is 1. The molecular formula is C17H18N2O2S. The number of pyridine rings is 1. The van der Waals surface area contributed by atoms with Crippen LogP contribution in [-0.4, -0.2) is 22.3 Å². The van der Waals surface area contributed by atoms with Gasteiger partial charge >= 0.3 is 0 Å². The Morgan fingerprint density at radius 2 is 2.00 bits per heavy atom. The zero-order chi connectivity index (χ0) is 15.5. The molecule has 0 aliphatic carbocycles. The van der Waals surface area contributed by atoms with Gasteiger partial charge in [-0.15, -0.1) is 11.8 Å². The van der Waals surface area contributed by atoms with Crippen molar-refractivity contribution in [3.8, 4) is 0 Å². The monoisotopic (exact) mass is 314 g/mol. The average Bonchev–Trinajstić information content (AvgIpc) is 2.53. The molecule has 0 saturated heterocycles. The number of hydrogen-bond donors (Lipinski definition) is 0. The van der Waals surface area contributed by atoms with Crippen LogP contribution in [0.2, 0.25) is 0 Å². The Hall–Kier alpha value is -2.01. The van der Waals surface area contributed by atoms with Crippen molar-refractivity contribution in [1.29, 1.82) is 0 Å². The number of aryl methyl sites for hydroxylation is 1. The van der Waals surface area contributed by atoms with E-state index in [9.17, 15) is 9.59 Å². The maximum absolute atomic E-state index is 12.6. The topological polar surface area (TPSA) is 42.3 Å². The van der Waals surface area contributed by atoms with Crippen LogP contribution in [0.1, 0.15) is 13.3 Å². The van der Waals surface area contributed by atoms with Crippen molar-refractivity contribution in [2.24, 2.45) is 0 Å². The molecule has 1 aromatic carbocycles. The summed E-state index contributed by atoms with van der Waals surface area (Å²) in [4.78, 5) is 27.3. The highest BCUT2D eigenvalue weighted by Gasteiger charge is 2.26. The standard InChI is InChI=1S/C17H18N2O2S/c1-13-12-19(14-6-2-3-7-15(14)22-13)17(21)9-11-18-10-5-4-8-16(18)20/h2-8,10,13H,9,11-12H2,1H3. The Kier molecular flexibility index (Phi) is 4.34. The lowest BCUT2D eigenvalue weighted by atomic mass is 10.2. The second-order valence-electron chi connectivity index (χ2n) is 5.38. The lowest BCUT2D eigenvalue weighted by Crippen LogP contribution is -2.39. The summed E-state index contributed by atoms with van der Waals surface area (Å²) in [5, 5.41) is 0.373. The van der Waals surface area contributed by atoms with Gasteiger partial charge < -0.3 is 9.47 Å². The zero-order valence-electron chi connectivity index (χ0n) is 12.4. The number of rotatable bonds is 3. The summed E-state index contributed by atoms with van der Waals surface area (Å²) in [7, 11) is 0. The first kappa shape index (κ1) is 14.9. The van der Waals surface area contributed by atoms with E-state index in [-0.39, 0.29) is 11.5 Å². The number of nitrogens with zero attached hydrogens (tertiary/aromatic N) is 2. The average molecular weight is 314 g/mol. The molecule has 0 N–H and O–H groups in total. The van der Waals surface area contributed by atoms with Gasteiger partial charge in [-0.25, -0.2) is 0 Å². The molecule has 22 heavy (non-hydrogen) atoms. The predicted octanol–water partition coefficient (Wildman–Crippen LogP) is 2.77. The van der Waals surface area contributed by atoms with Gasteiger partial charge in [-0.3, -0.25) is 9.59 Å². The molecule has 4 nitrogen and oxygen atoms in total. The van der Waals surface area contributed by atoms with E-state index in [4.69, 9.17) is 0 Å². The van der Waals surface area contributed by atoms with Crippen LogP contribution in [0.3, 0.4) is 0 Å². The molecule has 0 spiro atoms. The Morgan fingerprint density at radius 1 is 1.23 bits per heavy atom. The zero-order valence-corrected chi connectivity index (χ0v) is 13.3. The van der Waals surface area contributed by atoms with Crippen LogP contribution in [0, 0.1) is 0 Å². The molecule has 1 aliphatic rings. The number of fused-ring (bicyclic) bond motifs is 1. The summed E-state index contributed by atoms with van der Waals surface area (Å²) in [5.74, 6) is 0.0651. The number of thioether (sulfide) groups is 1. The maximum atomic E-state index is 12.6. The van der Waals surface area contributed by atoms with E-state index in [1.165, 1.54) is 6.07 Å². The summed E-state index contributed by atoms with van der Waals surface area (Å²) < 4.78 is 1.58. The van der Waals surface area contributed by atoms with Crippen molar-refractivity contribution >= 4 is 23.4 Å². The first-order valence-corrected chi connectivity index (χ1v) is 8.24. The minimum atomic E-state index is -0.0710. The third-order valence-corrected chi connectivity index (χ3v) is 4.84. The second-order valence-corrected chi connectivity index (χ2v) is 6.86. The van der Waals surface area contributed by atoms with Gasteiger partial charge in [0.05, 0.1) is 5.69 Å². The quantitative estimate of drug-likeness (QED) is 0.875. The molecule has 1 aromatic heterocycles. The molecule has 1 atom stereocenters. The first-order chi connectivity index (χ1) is 10.6. The molecule has 1 unspecified atom stereocenters. The van der Waals surface area contributed by atoms with E-state index in [0.29, 0.717) is 24.8 Å². The minimum absolute atomic E-state index is 0.0651. The van der Waals surface area contributed by atoms with E-state index in [0.717, 1.165) is 10.6 Å². The number of para-hydroxylation sites is 1. The van der Waals surface area contributed by atoms with Gasteiger partial charge in [0, 0.05) is 41.9 Å². The molecule has 2 aromatic rings. The SMILES string of the molecule is CC1CN(C(=O)CCn2ccccc2=O)c2ccccc2S1. The highest BCUT2D eigenvalue weighted by Crippen LogP contribution is 2.38. The molecule has 2 heterocycles. The van der Waals surface area contributed by atoms with Crippen molar-refractivity contribution in [2.75, 3.05) is 11.4 Å². The number of amides is 1. The number of carbonyl (C=O) groups is 1. The van der Waals surface area contributed by atoms with Crippen LogP contribution in [0.25, 0.3) is 0 Å². The predicted molar refractivity (Wildman–Crippen MR) is 89.4 cm³/mol. The van der Waals surface area contributed by atoms with Crippen LogP contribution in [0.5, 0.6) is 0 Å². The van der Waals surface area contributed by atoms with Gasteiger partial charge in [0.1, 0.15) is 0 Å². The number of benzene rings is 1. The molecule has 0 saturated carbocycles. The minimum Gasteiger partial charge on any atom is -0.315 e. The van der Waals surface area contributed by atoms with E-state index in [1.54, 1.807) is 34.7 Å². The Balaban J connectivity index is 1.75. The molecule has 0 radical (unpaired) electrons. The number of hydrogen-bond acceptors (Lipinski definition) is 3. The molecule has 114 valence electrons. The third-order valence-electron chi connectivity index (χ3n) is 3.69. The fourth-order valence-electron chi connectivity index (χ4n) is 2.62. The molecule has 0 fully saturated rings. The van der Waals surface area contributed by atoms with Gasteiger partial charge in [0.2, 0.25) is 5.91 Å². The molecule has 3 rings (SSSR count). The van der Waals surface area contributed by atoms with Crippen molar-refractivity contribution in [2.45, 2.75) is 30.0 Å². The first-order valence-electron chi connectivity index (χ1n) is 7.36. The van der Waals surface area contributed by atoms with E-state index < -0.39 is 0 Å². The molecular weight excluding hydrogens is 296 g/mol. The van der Waals surface area contributed by atoms with Gasteiger partial charge in [-0.1, -0.05) is 25.1 Å². The van der Waals surface area contributed by atoms with E-state index in [2.05, 4.69) is 13.0 Å². The Labute approximate surface area is 133 Å². The smallest absolute Gasteiger partial charge is 0.250 e. The number of anilines is 1. The van der Waals surface area contributed by atoms with Gasteiger partial charge in [-0.2, -0.15) is 0 Å². The van der Waals surface area contributed by atoms with Crippen LogP contribution in [0.15, 0.2) is 58.4 Å². The molecule has 1 aliphatic heterocycles.